The number of carbonyl (C=O) groups is 2. The van der Waals surface area contributed by atoms with Gasteiger partial charge in [0.2, 0.25) is 0 Å². The molecule has 1 heterocycles. The first kappa shape index (κ1) is 21.6. The summed E-state index contributed by atoms with van der Waals surface area (Å²) in [5.74, 6) is -2.09. The Hall–Kier alpha value is -0.410. The van der Waals surface area contributed by atoms with Gasteiger partial charge in [-0.05, 0) is 6.07 Å². The number of para-hydroxylation sites is 1. The van der Waals surface area contributed by atoms with Crippen molar-refractivity contribution in [1.82, 2.24) is 14.7 Å². The molecule has 0 aliphatic carbocycles. The Morgan fingerprint density at radius 1 is 1.09 bits per heavy atom. The van der Waals surface area contributed by atoms with E-state index in [0.717, 1.165) is 10.9 Å². The van der Waals surface area contributed by atoms with E-state index in [2.05, 4.69) is 5.10 Å². The summed E-state index contributed by atoms with van der Waals surface area (Å²) >= 11 is 0. The van der Waals surface area contributed by atoms with E-state index < -0.39 is 11.9 Å². The van der Waals surface area contributed by atoms with Gasteiger partial charge in [-0.2, -0.15) is 5.10 Å². The van der Waals surface area contributed by atoms with Crippen LogP contribution >= 0.6 is 0 Å². The van der Waals surface area contributed by atoms with E-state index in [0.29, 0.717) is 13.1 Å². The van der Waals surface area contributed by atoms with Crippen LogP contribution in [0.1, 0.15) is 0 Å². The van der Waals surface area contributed by atoms with Crippen LogP contribution in [0, 0.1) is 0 Å². The predicted octanol–water partition coefficient (Wildman–Crippen LogP) is -0.790. The summed E-state index contributed by atoms with van der Waals surface area (Å²) in [6.07, 6.45) is 1.73. The minimum atomic E-state index is -1.04. The van der Waals surface area contributed by atoms with Crippen molar-refractivity contribution in [1.29, 1.82) is 0 Å². The molecule has 0 amide bonds. The van der Waals surface area contributed by atoms with Crippen LogP contribution in [-0.2, 0) is 16.1 Å². The Kier molecular flexibility index (Phi) is 10.2. The van der Waals surface area contributed by atoms with E-state index in [9.17, 15) is 9.59 Å². The quantitative estimate of drug-likeness (QED) is 0.648. The van der Waals surface area contributed by atoms with Gasteiger partial charge in [0, 0.05) is 11.9 Å². The summed E-state index contributed by atoms with van der Waals surface area (Å²) in [7, 11) is 0. The number of hydrogen-bond acceptors (Lipinski definition) is 4. The van der Waals surface area contributed by atoms with Crippen molar-refractivity contribution in [2.75, 3.05) is 19.6 Å². The van der Waals surface area contributed by atoms with Crippen molar-refractivity contribution in [2.24, 2.45) is 0 Å². The Bertz CT molecular complexity index is 617. The van der Waals surface area contributed by atoms with Crippen molar-refractivity contribution in [3.8, 4) is 0 Å². The van der Waals surface area contributed by atoms with Crippen molar-refractivity contribution >= 4 is 82.0 Å². The Morgan fingerprint density at radius 3 is 2.27 bits per heavy atom. The zero-order chi connectivity index (χ0) is 14.5. The molecule has 2 aromatic rings. The molecule has 0 aliphatic heterocycles. The summed E-state index contributed by atoms with van der Waals surface area (Å²) in [5, 5.41) is 22.8. The molecule has 0 atom stereocenters. The van der Waals surface area contributed by atoms with Gasteiger partial charge < -0.3 is 10.2 Å². The fourth-order valence-electron chi connectivity index (χ4n) is 2.04. The van der Waals surface area contributed by atoms with Crippen LogP contribution in [0.4, 0.5) is 0 Å². The van der Waals surface area contributed by atoms with Crippen LogP contribution < -0.4 is 0 Å². The molecule has 0 fully saturated rings. The van der Waals surface area contributed by atoms with E-state index in [1.54, 1.807) is 10.9 Å². The number of fused-ring (bicyclic) bond motifs is 1. The Labute approximate surface area is 171 Å². The SMILES string of the molecule is O=C(O)CN(CCn1ncc2ccccc21)CC(=O)O.[NaH].[NaH]. The summed E-state index contributed by atoms with van der Waals surface area (Å²) in [4.78, 5) is 22.8. The molecule has 0 unspecified atom stereocenters. The van der Waals surface area contributed by atoms with Crippen LogP contribution in [0.25, 0.3) is 10.9 Å². The molecule has 0 radical (unpaired) electrons. The first-order chi connectivity index (χ1) is 9.56. The summed E-state index contributed by atoms with van der Waals surface area (Å²) in [5.41, 5.74) is 0.943. The van der Waals surface area contributed by atoms with Gasteiger partial charge in [-0.15, -0.1) is 0 Å². The van der Waals surface area contributed by atoms with E-state index >= 15 is 0 Å². The van der Waals surface area contributed by atoms with Crippen molar-refractivity contribution in [3.63, 3.8) is 0 Å². The molecule has 0 spiro atoms. The molecule has 2 rings (SSSR count). The number of carboxylic acids is 2. The Morgan fingerprint density at radius 2 is 1.68 bits per heavy atom. The number of benzene rings is 1. The predicted molar refractivity (Wildman–Crippen MR) is 85.7 cm³/mol. The maximum absolute atomic E-state index is 10.7. The second-order valence-electron chi connectivity index (χ2n) is 4.42. The third-order valence-electron chi connectivity index (χ3n) is 2.90. The van der Waals surface area contributed by atoms with Crippen LogP contribution in [0.5, 0.6) is 0 Å². The molecular weight excluding hydrogens is 308 g/mol. The normalized spacial score (nSPS) is 10.0. The van der Waals surface area contributed by atoms with Gasteiger partial charge in [-0.25, -0.2) is 0 Å². The van der Waals surface area contributed by atoms with Gasteiger partial charge in [0.15, 0.2) is 0 Å². The molecule has 9 heteroatoms. The third-order valence-corrected chi connectivity index (χ3v) is 2.90. The van der Waals surface area contributed by atoms with Gasteiger partial charge in [0.25, 0.3) is 0 Å². The molecule has 110 valence electrons. The minimum absolute atomic E-state index is 0. The van der Waals surface area contributed by atoms with Gasteiger partial charge in [0.1, 0.15) is 0 Å². The molecule has 22 heavy (non-hydrogen) atoms. The maximum atomic E-state index is 10.7. The first-order valence-corrected chi connectivity index (χ1v) is 6.13. The number of rotatable bonds is 7. The molecule has 0 bridgehead atoms. The van der Waals surface area contributed by atoms with Crippen LogP contribution in [0.2, 0.25) is 0 Å². The zero-order valence-electron chi connectivity index (χ0n) is 10.8. The molecular formula is C13H17N3Na2O4. The molecule has 7 nitrogen and oxygen atoms in total. The molecule has 0 saturated carbocycles. The first-order valence-electron chi connectivity index (χ1n) is 6.13. The van der Waals surface area contributed by atoms with Gasteiger partial charge in [0.05, 0.1) is 31.3 Å². The molecule has 0 aliphatic rings. The van der Waals surface area contributed by atoms with E-state index in [4.69, 9.17) is 10.2 Å². The molecule has 1 aromatic heterocycles. The van der Waals surface area contributed by atoms with E-state index in [1.807, 2.05) is 24.3 Å². The zero-order valence-corrected chi connectivity index (χ0v) is 10.8. The summed E-state index contributed by atoms with van der Waals surface area (Å²) in [6.45, 7) is 0.148. The second kappa shape index (κ2) is 10.4. The van der Waals surface area contributed by atoms with E-state index in [1.165, 1.54) is 4.90 Å². The topological polar surface area (TPSA) is 95.7 Å². The average molecular weight is 325 g/mol. The van der Waals surface area contributed by atoms with Crippen molar-refractivity contribution in [3.05, 3.63) is 30.5 Å². The number of nitrogens with zero attached hydrogens (tertiary/aromatic N) is 3. The average Bonchev–Trinajstić information content (AvgIpc) is 2.78. The number of aliphatic carboxylic acids is 2. The number of hydrogen-bond donors (Lipinski definition) is 2. The molecule has 1 aromatic carbocycles. The van der Waals surface area contributed by atoms with Crippen LogP contribution in [-0.4, -0.2) is 116 Å². The standard InChI is InChI=1S/C13H15N3O4.2Na.2H/c17-12(18)8-15(9-13(19)20)5-6-16-11-4-2-1-3-10(11)7-14-16;;;;/h1-4,7H,5-6,8-9H2,(H,17,18)(H,19,20);;;;. The fourth-order valence-corrected chi connectivity index (χ4v) is 2.04. The van der Waals surface area contributed by atoms with E-state index in [-0.39, 0.29) is 72.2 Å². The number of carboxylic acid groups (broad SMARTS) is 2. The van der Waals surface area contributed by atoms with Crippen molar-refractivity contribution < 1.29 is 19.8 Å². The Balaban J connectivity index is 0.00000220. The van der Waals surface area contributed by atoms with Crippen LogP contribution in [0.3, 0.4) is 0 Å². The van der Waals surface area contributed by atoms with Crippen LogP contribution in [0.15, 0.2) is 30.5 Å². The van der Waals surface area contributed by atoms with Gasteiger partial charge in [-0.1, -0.05) is 18.2 Å². The second-order valence-corrected chi connectivity index (χ2v) is 4.42. The molecule has 0 saturated heterocycles. The fraction of sp³-hybridized carbons (Fsp3) is 0.308. The van der Waals surface area contributed by atoms with Gasteiger partial charge in [-0.3, -0.25) is 19.2 Å². The monoisotopic (exact) mass is 325 g/mol. The molecule has 2 N–H and O–H groups in total. The van der Waals surface area contributed by atoms with Crippen molar-refractivity contribution in [2.45, 2.75) is 6.54 Å². The number of aromatic nitrogens is 2. The summed E-state index contributed by atoms with van der Waals surface area (Å²) in [6, 6.07) is 7.66. The van der Waals surface area contributed by atoms with Gasteiger partial charge >= 0.3 is 71.1 Å². The third kappa shape index (κ3) is 6.37. The summed E-state index contributed by atoms with van der Waals surface area (Å²) < 4.78 is 1.74.